The number of nitrogens with zero attached hydrogens (tertiary/aromatic N) is 4. The number of hydrogen-bond donors (Lipinski definition) is 1. The second-order valence-electron chi connectivity index (χ2n) is 4.29. The van der Waals surface area contributed by atoms with Crippen LogP contribution in [0.15, 0.2) is 18.7 Å². The minimum Gasteiger partial charge on any atom is -0.325 e. The van der Waals surface area contributed by atoms with Crippen LogP contribution in [0.3, 0.4) is 0 Å². The average molecular weight is 229 g/mol. The molecule has 2 N–H and O–H groups in total. The summed E-state index contributed by atoms with van der Waals surface area (Å²) < 4.78 is 2.04. The maximum atomic E-state index is 5.51. The van der Waals surface area contributed by atoms with E-state index in [0.717, 1.165) is 24.4 Å². The minimum atomic E-state index is 0.426. The molecule has 2 heterocycles. The molecule has 1 aliphatic rings. The van der Waals surface area contributed by atoms with Gasteiger partial charge in [0, 0.05) is 12.2 Å². The SMILES string of the molecule is NCc1cnc(-n2cnc3c2CCCC3)cn1. The van der Waals surface area contributed by atoms with Crippen molar-refractivity contribution in [3.05, 3.63) is 35.8 Å². The lowest BCUT2D eigenvalue weighted by atomic mass is 10.0. The predicted molar refractivity (Wildman–Crippen MR) is 63.7 cm³/mol. The average Bonchev–Trinajstić information content (AvgIpc) is 2.83. The summed E-state index contributed by atoms with van der Waals surface area (Å²) in [6.45, 7) is 0.426. The molecule has 2 aromatic rings. The molecule has 0 saturated carbocycles. The molecule has 2 aromatic heterocycles. The molecule has 0 atom stereocenters. The Balaban J connectivity index is 2.00. The summed E-state index contributed by atoms with van der Waals surface area (Å²) in [5.74, 6) is 0.831. The van der Waals surface area contributed by atoms with Crippen LogP contribution in [0.4, 0.5) is 0 Å². The molecule has 0 fully saturated rings. The lowest BCUT2D eigenvalue weighted by Crippen LogP contribution is -2.09. The van der Waals surface area contributed by atoms with Crippen LogP contribution in [-0.4, -0.2) is 19.5 Å². The number of aryl methyl sites for hydroxylation is 1. The van der Waals surface area contributed by atoms with Crippen molar-refractivity contribution in [2.45, 2.75) is 32.2 Å². The number of fused-ring (bicyclic) bond motifs is 1. The van der Waals surface area contributed by atoms with E-state index in [4.69, 9.17) is 5.73 Å². The molecule has 0 unspecified atom stereocenters. The highest BCUT2D eigenvalue weighted by molar-refractivity contribution is 5.28. The third-order valence-corrected chi connectivity index (χ3v) is 3.18. The quantitative estimate of drug-likeness (QED) is 0.834. The van der Waals surface area contributed by atoms with Crippen molar-refractivity contribution in [2.75, 3.05) is 0 Å². The number of hydrogen-bond acceptors (Lipinski definition) is 4. The van der Waals surface area contributed by atoms with Gasteiger partial charge in [-0.25, -0.2) is 9.97 Å². The van der Waals surface area contributed by atoms with Gasteiger partial charge >= 0.3 is 0 Å². The van der Waals surface area contributed by atoms with Crippen molar-refractivity contribution in [1.82, 2.24) is 19.5 Å². The van der Waals surface area contributed by atoms with E-state index in [0.29, 0.717) is 6.54 Å². The molecule has 0 amide bonds. The van der Waals surface area contributed by atoms with E-state index in [1.54, 1.807) is 12.4 Å². The van der Waals surface area contributed by atoms with Crippen LogP contribution >= 0.6 is 0 Å². The monoisotopic (exact) mass is 229 g/mol. The van der Waals surface area contributed by atoms with E-state index in [9.17, 15) is 0 Å². The van der Waals surface area contributed by atoms with E-state index in [-0.39, 0.29) is 0 Å². The Hall–Kier alpha value is -1.75. The van der Waals surface area contributed by atoms with Gasteiger partial charge in [0.25, 0.3) is 0 Å². The van der Waals surface area contributed by atoms with Gasteiger partial charge in [-0.05, 0) is 25.7 Å². The van der Waals surface area contributed by atoms with Crippen molar-refractivity contribution < 1.29 is 0 Å². The normalized spacial score (nSPS) is 14.6. The van der Waals surface area contributed by atoms with E-state index < -0.39 is 0 Å². The van der Waals surface area contributed by atoms with Gasteiger partial charge in [-0.2, -0.15) is 0 Å². The molecule has 5 heteroatoms. The van der Waals surface area contributed by atoms with E-state index >= 15 is 0 Å². The first-order valence-electron chi connectivity index (χ1n) is 5.95. The summed E-state index contributed by atoms with van der Waals surface area (Å²) in [7, 11) is 0. The molecule has 5 nitrogen and oxygen atoms in total. The molecule has 17 heavy (non-hydrogen) atoms. The standard InChI is InChI=1S/C12H15N5/c13-5-9-6-15-12(7-14-9)17-8-16-10-3-1-2-4-11(10)17/h6-8H,1-5,13H2. The minimum absolute atomic E-state index is 0.426. The fourth-order valence-electron chi connectivity index (χ4n) is 2.24. The molecule has 0 bridgehead atoms. The smallest absolute Gasteiger partial charge is 0.156 e. The first-order valence-corrected chi connectivity index (χ1v) is 5.95. The molecular weight excluding hydrogens is 214 g/mol. The number of nitrogens with two attached hydrogens (primary N) is 1. The van der Waals surface area contributed by atoms with Gasteiger partial charge in [0.05, 0.1) is 23.8 Å². The third kappa shape index (κ3) is 1.82. The highest BCUT2D eigenvalue weighted by Gasteiger charge is 2.16. The maximum Gasteiger partial charge on any atom is 0.156 e. The highest BCUT2D eigenvalue weighted by Crippen LogP contribution is 2.21. The van der Waals surface area contributed by atoms with E-state index in [2.05, 4.69) is 15.0 Å². The second kappa shape index (κ2) is 4.25. The number of rotatable bonds is 2. The Morgan fingerprint density at radius 2 is 2.00 bits per heavy atom. The number of aromatic nitrogens is 4. The Bertz CT molecular complexity index is 514. The predicted octanol–water partition coefficient (Wildman–Crippen LogP) is 1.000. The van der Waals surface area contributed by atoms with Crippen LogP contribution in [0, 0.1) is 0 Å². The van der Waals surface area contributed by atoms with E-state index in [1.807, 2.05) is 10.9 Å². The zero-order valence-corrected chi connectivity index (χ0v) is 9.63. The van der Waals surface area contributed by atoms with Gasteiger partial charge in [-0.15, -0.1) is 0 Å². The molecule has 88 valence electrons. The summed E-state index contributed by atoms with van der Waals surface area (Å²) in [6, 6.07) is 0. The third-order valence-electron chi connectivity index (χ3n) is 3.18. The van der Waals surface area contributed by atoms with Crippen molar-refractivity contribution in [1.29, 1.82) is 0 Å². The van der Waals surface area contributed by atoms with Gasteiger partial charge in [0.15, 0.2) is 5.82 Å². The molecule has 1 aliphatic carbocycles. The molecule has 0 aliphatic heterocycles. The Morgan fingerprint density at radius 1 is 1.12 bits per heavy atom. The fourth-order valence-corrected chi connectivity index (χ4v) is 2.24. The molecule has 0 aromatic carbocycles. The van der Waals surface area contributed by atoms with Crippen molar-refractivity contribution in [3.63, 3.8) is 0 Å². The maximum absolute atomic E-state index is 5.51. The Morgan fingerprint density at radius 3 is 2.76 bits per heavy atom. The van der Waals surface area contributed by atoms with Gasteiger partial charge in [-0.3, -0.25) is 9.55 Å². The van der Waals surface area contributed by atoms with Gasteiger partial charge in [0.1, 0.15) is 6.33 Å². The summed E-state index contributed by atoms with van der Waals surface area (Å²) in [5.41, 5.74) is 8.81. The van der Waals surface area contributed by atoms with Crippen LogP contribution in [0.1, 0.15) is 29.9 Å². The highest BCUT2D eigenvalue weighted by atomic mass is 15.1. The molecule has 3 rings (SSSR count). The summed E-state index contributed by atoms with van der Waals surface area (Å²) in [4.78, 5) is 13.1. The molecule has 0 saturated heterocycles. The van der Waals surface area contributed by atoms with Crippen molar-refractivity contribution in [3.8, 4) is 5.82 Å². The van der Waals surface area contributed by atoms with E-state index in [1.165, 1.54) is 24.2 Å². The topological polar surface area (TPSA) is 69.6 Å². The Kier molecular flexibility index (Phi) is 2.60. The zero-order valence-electron chi connectivity index (χ0n) is 9.63. The summed E-state index contributed by atoms with van der Waals surface area (Å²) in [6.07, 6.45) is 9.96. The zero-order chi connectivity index (χ0) is 11.7. The second-order valence-corrected chi connectivity index (χ2v) is 4.29. The molecule has 0 spiro atoms. The first-order chi connectivity index (χ1) is 8.38. The lowest BCUT2D eigenvalue weighted by molar-refractivity contribution is 0.653. The Labute approximate surface area is 99.7 Å². The van der Waals surface area contributed by atoms with Gasteiger partial charge in [-0.1, -0.05) is 0 Å². The lowest BCUT2D eigenvalue weighted by Gasteiger charge is -2.13. The van der Waals surface area contributed by atoms with Gasteiger partial charge < -0.3 is 5.73 Å². The first kappa shape index (κ1) is 10.4. The van der Waals surface area contributed by atoms with Gasteiger partial charge in [0.2, 0.25) is 0 Å². The van der Waals surface area contributed by atoms with Crippen LogP contribution in [0.25, 0.3) is 5.82 Å². The number of imidazole rings is 1. The van der Waals surface area contributed by atoms with Crippen LogP contribution in [0.5, 0.6) is 0 Å². The summed E-state index contributed by atoms with van der Waals surface area (Å²) >= 11 is 0. The molecular formula is C12H15N5. The van der Waals surface area contributed by atoms with Crippen LogP contribution in [-0.2, 0) is 19.4 Å². The van der Waals surface area contributed by atoms with Crippen molar-refractivity contribution in [2.24, 2.45) is 5.73 Å². The molecule has 0 radical (unpaired) electrons. The van der Waals surface area contributed by atoms with Crippen LogP contribution < -0.4 is 5.73 Å². The van der Waals surface area contributed by atoms with Crippen molar-refractivity contribution >= 4 is 0 Å². The summed E-state index contributed by atoms with van der Waals surface area (Å²) in [5, 5.41) is 0. The largest absolute Gasteiger partial charge is 0.325 e. The van der Waals surface area contributed by atoms with Crippen LogP contribution in [0.2, 0.25) is 0 Å². The fraction of sp³-hybridized carbons (Fsp3) is 0.417.